The van der Waals surface area contributed by atoms with Crippen LogP contribution in [0.2, 0.25) is 0 Å². The van der Waals surface area contributed by atoms with Crippen LogP contribution < -0.4 is 0 Å². The lowest BCUT2D eigenvalue weighted by atomic mass is 10.0. The van der Waals surface area contributed by atoms with E-state index < -0.39 is 5.60 Å². The van der Waals surface area contributed by atoms with E-state index in [1.807, 2.05) is 6.08 Å². The van der Waals surface area contributed by atoms with E-state index >= 15 is 0 Å². The third kappa shape index (κ3) is 1.55. The van der Waals surface area contributed by atoms with Crippen LogP contribution in [0.4, 0.5) is 0 Å². The molecule has 2 rings (SSSR count). The lowest BCUT2D eigenvalue weighted by Gasteiger charge is -2.28. The van der Waals surface area contributed by atoms with Crippen molar-refractivity contribution in [2.45, 2.75) is 31.0 Å². The topological polar surface area (TPSA) is 44.8 Å². The van der Waals surface area contributed by atoms with E-state index in [0.29, 0.717) is 0 Å². The molecule has 1 aliphatic heterocycles. The van der Waals surface area contributed by atoms with Crippen molar-refractivity contribution < 1.29 is 19.0 Å². The molecule has 0 N–H and O–H groups in total. The van der Waals surface area contributed by atoms with Gasteiger partial charge in [0.05, 0.1) is 0 Å². The minimum Gasteiger partial charge on any atom is -0.449 e. The van der Waals surface area contributed by atoms with E-state index in [2.05, 4.69) is 0 Å². The zero-order valence-corrected chi connectivity index (χ0v) is 8.19. The van der Waals surface area contributed by atoms with Crippen molar-refractivity contribution in [2.24, 2.45) is 0 Å². The Morgan fingerprint density at radius 1 is 1.71 bits per heavy atom. The molecule has 0 unspecified atom stereocenters. The smallest absolute Gasteiger partial charge is 0.331 e. The Balaban J connectivity index is 2.03. The second kappa shape index (κ2) is 3.71. The summed E-state index contributed by atoms with van der Waals surface area (Å²) in [6.07, 6.45) is 6.04. The number of ether oxygens (including phenoxy) is 3. The predicted octanol–water partition coefficient (Wildman–Crippen LogP) is 1.01. The minimum absolute atomic E-state index is 0.0508. The maximum Gasteiger partial charge on any atom is 0.331 e. The molecular formula is C10H14O4. The molecule has 0 aromatic rings. The van der Waals surface area contributed by atoms with Crippen LogP contribution in [0.5, 0.6) is 0 Å². The van der Waals surface area contributed by atoms with Crippen molar-refractivity contribution in [1.82, 2.24) is 0 Å². The summed E-state index contributed by atoms with van der Waals surface area (Å²) < 4.78 is 15.6. The highest BCUT2D eigenvalue weighted by Gasteiger charge is 2.47. The zero-order chi connectivity index (χ0) is 10.0. The number of carbonyl (C=O) groups excluding carboxylic acids is 1. The summed E-state index contributed by atoms with van der Waals surface area (Å²) in [5.41, 5.74) is -0.504. The standard InChI is InChI=1S/C10H14O4/c1-12-7-13-8-3-2-5-10(8)6-4-9(11)14-10/h4,6,8H,2-3,5,7H2,1H3/t8-,10-/m0/s1. The fraction of sp³-hybridized carbons (Fsp3) is 0.700. The van der Waals surface area contributed by atoms with Crippen molar-refractivity contribution >= 4 is 5.97 Å². The van der Waals surface area contributed by atoms with Crippen molar-refractivity contribution in [2.75, 3.05) is 13.9 Å². The van der Waals surface area contributed by atoms with Gasteiger partial charge in [0.25, 0.3) is 0 Å². The molecule has 0 aromatic heterocycles. The highest BCUT2D eigenvalue weighted by Crippen LogP contribution is 2.39. The molecule has 2 atom stereocenters. The van der Waals surface area contributed by atoms with E-state index in [9.17, 15) is 4.79 Å². The van der Waals surface area contributed by atoms with Gasteiger partial charge in [-0.2, -0.15) is 0 Å². The Morgan fingerprint density at radius 3 is 3.21 bits per heavy atom. The second-order valence-corrected chi connectivity index (χ2v) is 3.66. The molecule has 14 heavy (non-hydrogen) atoms. The van der Waals surface area contributed by atoms with Gasteiger partial charge in [-0.3, -0.25) is 0 Å². The van der Waals surface area contributed by atoms with Crippen molar-refractivity contribution in [3.05, 3.63) is 12.2 Å². The van der Waals surface area contributed by atoms with Crippen LogP contribution in [-0.2, 0) is 19.0 Å². The number of carbonyl (C=O) groups is 1. The number of hydrogen-bond donors (Lipinski definition) is 0. The molecule has 2 aliphatic rings. The van der Waals surface area contributed by atoms with Crippen molar-refractivity contribution in [3.8, 4) is 0 Å². The summed E-state index contributed by atoms with van der Waals surface area (Å²) in [4.78, 5) is 11.0. The summed E-state index contributed by atoms with van der Waals surface area (Å²) >= 11 is 0. The molecule has 0 aromatic carbocycles. The van der Waals surface area contributed by atoms with Crippen LogP contribution in [-0.4, -0.2) is 31.6 Å². The summed E-state index contributed by atoms with van der Waals surface area (Å²) in [5.74, 6) is -0.266. The largest absolute Gasteiger partial charge is 0.449 e. The molecule has 0 bridgehead atoms. The van der Waals surface area contributed by atoms with Gasteiger partial charge in [0.1, 0.15) is 12.9 Å². The molecule has 78 valence electrons. The highest BCUT2D eigenvalue weighted by molar-refractivity contribution is 5.85. The molecule has 4 heteroatoms. The third-order valence-corrected chi connectivity index (χ3v) is 2.76. The Bertz CT molecular complexity index is 261. The number of methoxy groups -OCH3 is 1. The molecule has 1 saturated carbocycles. The van der Waals surface area contributed by atoms with Crippen LogP contribution in [0.1, 0.15) is 19.3 Å². The third-order valence-electron chi connectivity index (χ3n) is 2.76. The van der Waals surface area contributed by atoms with Crippen LogP contribution in [0.3, 0.4) is 0 Å². The zero-order valence-electron chi connectivity index (χ0n) is 8.19. The van der Waals surface area contributed by atoms with Gasteiger partial charge in [-0.25, -0.2) is 4.79 Å². The van der Waals surface area contributed by atoms with E-state index in [1.165, 1.54) is 6.08 Å². The first-order chi connectivity index (χ1) is 6.77. The van der Waals surface area contributed by atoms with E-state index in [0.717, 1.165) is 19.3 Å². The first-order valence-electron chi connectivity index (χ1n) is 4.79. The number of rotatable bonds is 3. The molecule has 1 heterocycles. The monoisotopic (exact) mass is 198 g/mol. The molecule has 0 radical (unpaired) electrons. The van der Waals surface area contributed by atoms with Crippen LogP contribution in [0.15, 0.2) is 12.2 Å². The van der Waals surface area contributed by atoms with Gasteiger partial charge in [-0.1, -0.05) is 0 Å². The highest BCUT2D eigenvalue weighted by atomic mass is 16.7. The lowest BCUT2D eigenvalue weighted by Crippen LogP contribution is -2.39. The molecule has 1 spiro atoms. The van der Waals surface area contributed by atoms with Gasteiger partial charge in [0, 0.05) is 13.2 Å². The van der Waals surface area contributed by atoms with Gasteiger partial charge in [-0.15, -0.1) is 0 Å². The maximum atomic E-state index is 11.0. The van der Waals surface area contributed by atoms with Gasteiger partial charge in [0.15, 0.2) is 5.60 Å². The van der Waals surface area contributed by atoms with Gasteiger partial charge < -0.3 is 14.2 Å². The predicted molar refractivity (Wildman–Crippen MR) is 48.6 cm³/mol. The van der Waals surface area contributed by atoms with Crippen LogP contribution in [0, 0.1) is 0 Å². The Morgan fingerprint density at radius 2 is 2.57 bits per heavy atom. The van der Waals surface area contributed by atoms with Crippen molar-refractivity contribution in [3.63, 3.8) is 0 Å². The second-order valence-electron chi connectivity index (χ2n) is 3.66. The SMILES string of the molecule is COCO[C@H]1CCC[C@]12C=CC(=O)O2. The maximum absolute atomic E-state index is 11.0. The normalized spacial score (nSPS) is 35.5. The first kappa shape index (κ1) is 9.68. The average Bonchev–Trinajstić information content (AvgIpc) is 2.72. The van der Waals surface area contributed by atoms with Crippen LogP contribution in [0.25, 0.3) is 0 Å². The molecule has 1 fully saturated rings. The summed E-state index contributed by atoms with van der Waals surface area (Å²) in [7, 11) is 1.58. The molecule has 0 saturated heterocycles. The van der Waals surface area contributed by atoms with Gasteiger partial charge in [0.2, 0.25) is 0 Å². The Hall–Kier alpha value is -0.870. The van der Waals surface area contributed by atoms with Crippen LogP contribution >= 0.6 is 0 Å². The Kier molecular flexibility index (Phi) is 2.56. The first-order valence-corrected chi connectivity index (χ1v) is 4.79. The van der Waals surface area contributed by atoms with Crippen molar-refractivity contribution in [1.29, 1.82) is 0 Å². The molecular weight excluding hydrogens is 184 g/mol. The fourth-order valence-corrected chi connectivity index (χ4v) is 2.12. The fourth-order valence-electron chi connectivity index (χ4n) is 2.12. The molecule has 1 aliphatic carbocycles. The molecule has 0 amide bonds. The summed E-state index contributed by atoms with van der Waals surface area (Å²) in [5, 5.41) is 0. The Labute approximate surface area is 82.8 Å². The number of esters is 1. The van der Waals surface area contributed by atoms with E-state index in [-0.39, 0.29) is 18.9 Å². The van der Waals surface area contributed by atoms with Gasteiger partial charge in [-0.05, 0) is 25.3 Å². The summed E-state index contributed by atoms with van der Waals surface area (Å²) in [6.45, 7) is 0.248. The van der Waals surface area contributed by atoms with E-state index in [4.69, 9.17) is 14.2 Å². The van der Waals surface area contributed by atoms with Gasteiger partial charge >= 0.3 is 5.97 Å². The minimum atomic E-state index is -0.504. The van der Waals surface area contributed by atoms with E-state index in [1.54, 1.807) is 7.11 Å². The number of hydrogen-bond acceptors (Lipinski definition) is 4. The average molecular weight is 198 g/mol. The lowest BCUT2D eigenvalue weighted by molar-refractivity contribution is -0.165. The summed E-state index contributed by atoms with van der Waals surface area (Å²) in [6, 6.07) is 0. The quantitative estimate of drug-likeness (QED) is 0.501. The molecule has 4 nitrogen and oxygen atoms in total.